The Morgan fingerprint density at radius 1 is 1.08 bits per heavy atom. The highest BCUT2D eigenvalue weighted by Gasteiger charge is 2.13. The molecule has 130 valence electrons. The molecular weight excluding hydrogens is 312 g/mol. The molecule has 4 heteroatoms. The first-order chi connectivity index (χ1) is 11.9. The number of ether oxygens (including phenoxy) is 1. The Bertz CT molecular complexity index is 778. The molecule has 25 heavy (non-hydrogen) atoms. The molecular formula is C21H24N2O2. The molecule has 2 amide bonds. The first kappa shape index (κ1) is 18.4. The summed E-state index contributed by atoms with van der Waals surface area (Å²) in [4.78, 5) is 11.9. The standard InChI is InChI=1S/C21H24N2O2/c1-21(2,3)17-11-13-18(14-12-17)23-20(24)22-15-7-9-16-8-5-6-10-19(16)25-4/h5-6,8,10-14H,15H2,1-4H3,(H2,22,23,24). The Morgan fingerprint density at radius 3 is 2.40 bits per heavy atom. The van der Waals surface area contributed by atoms with Gasteiger partial charge in [-0.25, -0.2) is 4.79 Å². The summed E-state index contributed by atoms with van der Waals surface area (Å²) in [5.74, 6) is 6.63. The molecule has 0 bridgehead atoms. The summed E-state index contributed by atoms with van der Waals surface area (Å²) in [7, 11) is 1.61. The molecule has 0 aliphatic heterocycles. The summed E-state index contributed by atoms with van der Waals surface area (Å²) in [5, 5.41) is 5.52. The minimum atomic E-state index is -0.280. The number of para-hydroxylation sites is 1. The molecule has 0 saturated heterocycles. The Hall–Kier alpha value is -2.93. The van der Waals surface area contributed by atoms with E-state index >= 15 is 0 Å². The second kappa shape index (κ2) is 8.25. The summed E-state index contributed by atoms with van der Waals surface area (Å²) < 4.78 is 5.23. The Labute approximate surface area is 149 Å². The molecule has 0 aromatic heterocycles. The number of nitrogens with one attached hydrogen (secondary N) is 2. The third-order valence-corrected chi connectivity index (χ3v) is 3.68. The normalized spacial score (nSPS) is 10.4. The molecule has 2 rings (SSSR count). The van der Waals surface area contributed by atoms with Crippen LogP contribution < -0.4 is 15.4 Å². The molecule has 0 saturated carbocycles. The van der Waals surface area contributed by atoms with E-state index < -0.39 is 0 Å². The van der Waals surface area contributed by atoms with E-state index in [0.29, 0.717) is 0 Å². The van der Waals surface area contributed by atoms with Gasteiger partial charge in [0, 0.05) is 5.69 Å². The predicted octanol–water partition coefficient (Wildman–Crippen LogP) is 4.17. The molecule has 0 aliphatic rings. The van der Waals surface area contributed by atoms with Gasteiger partial charge in [0.15, 0.2) is 0 Å². The van der Waals surface area contributed by atoms with E-state index in [0.717, 1.165) is 17.0 Å². The number of carbonyl (C=O) groups excluding carboxylic acids is 1. The van der Waals surface area contributed by atoms with Gasteiger partial charge in [0.05, 0.1) is 19.2 Å². The first-order valence-corrected chi connectivity index (χ1v) is 8.17. The van der Waals surface area contributed by atoms with E-state index in [9.17, 15) is 4.79 Å². The number of benzene rings is 2. The molecule has 0 aliphatic carbocycles. The van der Waals surface area contributed by atoms with E-state index in [-0.39, 0.29) is 18.0 Å². The lowest BCUT2D eigenvalue weighted by Gasteiger charge is -2.19. The number of anilines is 1. The maximum atomic E-state index is 11.9. The zero-order chi connectivity index (χ0) is 18.3. The van der Waals surface area contributed by atoms with E-state index in [2.05, 4.69) is 43.2 Å². The Kier molecular flexibility index (Phi) is 6.08. The molecule has 0 heterocycles. The highest BCUT2D eigenvalue weighted by molar-refractivity contribution is 5.89. The van der Waals surface area contributed by atoms with Crippen molar-refractivity contribution in [3.05, 3.63) is 59.7 Å². The average molecular weight is 336 g/mol. The number of urea groups is 1. The topological polar surface area (TPSA) is 50.4 Å². The van der Waals surface area contributed by atoms with Gasteiger partial charge in [-0.3, -0.25) is 0 Å². The second-order valence-electron chi connectivity index (χ2n) is 6.64. The number of methoxy groups -OCH3 is 1. The highest BCUT2D eigenvalue weighted by atomic mass is 16.5. The largest absolute Gasteiger partial charge is 0.495 e. The fourth-order valence-corrected chi connectivity index (χ4v) is 2.24. The number of amides is 2. The molecule has 0 radical (unpaired) electrons. The zero-order valence-corrected chi connectivity index (χ0v) is 15.1. The van der Waals surface area contributed by atoms with Crippen molar-refractivity contribution in [3.63, 3.8) is 0 Å². The molecule has 2 aromatic carbocycles. The van der Waals surface area contributed by atoms with Crippen molar-refractivity contribution in [1.82, 2.24) is 5.32 Å². The lowest BCUT2D eigenvalue weighted by Crippen LogP contribution is -2.28. The summed E-state index contributed by atoms with van der Waals surface area (Å²) in [6, 6.07) is 15.1. The van der Waals surface area contributed by atoms with E-state index in [1.807, 2.05) is 48.5 Å². The van der Waals surface area contributed by atoms with Gasteiger partial charge in [0.1, 0.15) is 5.75 Å². The van der Waals surface area contributed by atoms with Crippen LogP contribution in [-0.2, 0) is 5.41 Å². The minimum absolute atomic E-state index is 0.0921. The van der Waals surface area contributed by atoms with Crippen LogP contribution >= 0.6 is 0 Å². The van der Waals surface area contributed by atoms with Gasteiger partial charge in [-0.2, -0.15) is 0 Å². The van der Waals surface area contributed by atoms with Crippen LogP contribution in [0.3, 0.4) is 0 Å². The van der Waals surface area contributed by atoms with Gasteiger partial charge in [-0.15, -0.1) is 0 Å². The fraction of sp³-hybridized carbons (Fsp3) is 0.286. The molecule has 4 nitrogen and oxygen atoms in total. The lowest BCUT2D eigenvalue weighted by molar-refractivity contribution is 0.253. The number of rotatable bonds is 3. The van der Waals surface area contributed by atoms with Crippen LogP contribution in [0.5, 0.6) is 5.75 Å². The van der Waals surface area contributed by atoms with Crippen molar-refractivity contribution >= 4 is 11.7 Å². The lowest BCUT2D eigenvalue weighted by atomic mass is 9.87. The van der Waals surface area contributed by atoms with Crippen LogP contribution in [0.4, 0.5) is 10.5 Å². The molecule has 0 spiro atoms. The molecule has 2 aromatic rings. The third kappa shape index (κ3) is 5.58. The summed E-state index contributed by atoms with van der Waals surface area (Å²) in [6.07, 6.45) is 0. The van der Waals surface area contributed by atoms with Crippen LogP contribution in [0.2, 0.25) is 0 Å². The predicted molar refractivity (Wildman–Crippen MR) is 102 cm³/mol. The van der Waals surface area contributed by atoms with Crippen molar-refractivity contribution < 1.29 is 9.53 Å². The third-order valence-electron chi connectivity index (χ3n) is 3.68. The zero-order valence-electron chi connectivity index (χ0n) is 15.1. The maximum absolute atomic E-state index is 11.9. The fourth-order valence-electron chi connectivity index (χ4n) is 2.24. The number of carbonyl (C=O) groups is 1. The number of hydrogen-bond acceptors (Lipinski definition) is 2. The second-order valence-corrected chi connectivity index (χ2v) is 6.64. The highest BCUT2D eigenvalue weighted by Crippen LogP contribution is 2.23. The van der Waals surface area contributed by atoms with Crippen LogP contribution in [0.1, 0.15) is 31.9 Å². The molecule has 0 unspecified atom stereocenters. The van der Waals surface area contributed by atoms with Gasteiger partial charge in [-0.1, -0.05) is 56.9 Å². The summed E-state index contributed by atoms with van der Waals surface area (Å²) in [6.45, 7) is 6.72. The number of hydrogen-bond donors (Lipinski definition) is 2. The van der Waals surface area contributed by atoms with Crippen molar-refractivity contribution in [3.8, 4) is 17.6 Å². The van der Waals surface area contributed by atoms with Crippen molar-refractivity contribution in [1.29, 1.82) is 0 Å². The Balaban J connectivity index is 1.86. The van der Waals surface area contributed by atoms with Gasteiger partial charge >= 0.3 is 6.03 Å². The smallest absolute Gasteiger partial charge is 0.319 e. The van der Waals surface area contributed by atoms with Gasteiger partial charge < -0.3 is 15.4 Å². The molecule has 0 fully saturated rings. The van der Waals surface area contributed by atoms with Crippen molar-refractivity contribution in [2.24, 2.45) is 0 Å². The van der Waals surface area contributed by atoms with Crippen molar-refractivity contribution in [2.75, 3.05) is 19.0 Å². The molecule has 2 N–H and O–H groups in total. The van der Waals surface area contributed by atoms with Crippen molar-refractivity contribution in [2.45, 2.75) is 26.2 Å². The average Bonchev–Trinajstić information content (AvgIpc) is 2.58. The van der Waals surface area contributed by atoms with E-state index in [1.165, 1.54) is 5.56 Å². The van der Waals surface area contributed by atoms with Gasteiger partial charge in [0.2, 0.25) is 0 Å². The monoisotopic (exact) mass is 336 g/mol. The van der Waals surface area contributed by atoms with Crippen LogP contribution in [0.25, 0.3) is 0 Å². The Morgan fingerprint density at radius 2 is 1.76 bits per heavy atom. The maximum Gasteiger partial charge on any atom is 0.319 e. The van der Waals surface area contributed by atoms with E-state index in [4.69, 9.17) is 4.74 Å². The summed E-state index contributed by atoms with van der Waals surface area (Å²) in [5.41, 5.74) is 2.86. The summed E-state index contributed by atoms with van der Waals surface area (Å²) >= 11 is 0. The van der Waals surface area contributed by atoms with Crippen LogP contribution in [0.15, 0.2) is 48.5 Å². The molecule has 0 atom stereocenters. The van der Waals surface area contributed by atoms with Gasteiger partial charge in [-0.05, 0) is 35.2 Å². The quantitative estimate of drug-likeness (QED) is 0.827. The van der Waals surface area contributed by atoms with Crippen LogP contribution in [0, 0.1) is 11.8 Å². The van der Waals surface area contributed by atoms with Gasteiger partial charge in [0.25, 0.3) is 0 Å². The minimum Gasteiger partial charge on any atom is -0.495 e. The van der Waals surface area contributed by atoms with Crippen LogP contribution in [-0.4, -0.2) is 19.7 Å². The van der Waals surface area contributed by atoms with E-state index in [1.54, 1.807) is 7.11 Å². The first-order valence-electron chi connectivity index (χ1n) is 8.17. The SMILES string of the molecule is COc1ccccc1C#CCNC(=O)Nc1ccc(C(C)(C)C)cc1.